The van der Waals surface area contributed by atoms with E-state index >= 15 is 0 Å². The lowest BCUT2D eigenvalue weighted by Gasteiger charge is -1.89. The second kappa shape index (κ2) is 2.35. The fourth-order valence-electron chi connectivity index (χ4n) is 0.568. The number of carbonyl (C=O) groups excluding carboxylic acids is 1. The zero-order chi connectivity index (χ0) is 6.69. The summed E-state index contributed by atoms with van der Waals surface area (Å²) in [6.45, 7) is 0. The van der Waals surface area contributed by atoms with E-state index in [0.29, 0.717) is 5.57 Å². The summed E-state index contributed by atoms with van der Waals surface area (Å²) in [6.07, 6.45) is 4.57. The Balaban J connectivity index is 2.70. The van der Waals surface area contributed by atoms with Crippen molar-refractivity contribution < 1.29 is 9.53 Å². The number of esters is 1. The largest absolute Gasteiger partial charge is 0.431 e. The van der Waals surface area contributed by atoms with Crippen LogP contribution >= 0.6 is 0 Å². The average Bonchev–Trinajstić information content (AvgIpc) is 2.18. The minimum Gasteiger partial charge on any atom is -0.431 e. The first kappa shape index (κ1) is 5.88. The van der Waals surface area contributed by atoms with Crippen molar-refractivity contribution in [3.05, 3.63) is 24.1 Å². The minimum absolute atomic E-state index is 0.302. The zero-order valence-electron chi connectivity index (χ0n) is 5.05. The summed E-state index contributed by atoms with van der Waals surface area (Å²) < 4.78 is 4.49. The van der Waals surface area contributed by atoms with Gasteiger partial charge >= 0.3 is 5.97 Å². The van der Waals surface area contributed by atoms with Gasteiger partial charge in [-0.05, 0) is 6.08 Å². The van der Waals surface area contributed by atoms with Gasteiger partial charge in [0.15, 0.2) is 0 Å². The van der Waals surface area contributed by atoms with Gasteiger partial charge < -0.3 is 10.1 Å². The Kier molecular flexibility index (Phi) is 1.53. The van der Waals surface area contributed by atoms with Crippen molar-refractivity contribution in [3.8, 4) is 0 Å². The molecular formula is C6H7NO2. The average molecular weight is 125 g/mol. The Morgan fingerprint density at radius 1 is 1.78 bits per heavy atom. The summed E-state index contributed by atoms with van der Waals surface area (Å²) in [6, 6.07) is 0. The van der Waals surface area contributed by atoms with Crippen molar-refractivity contribution in [2.45, 2.75) is 0 Å². The second-order valence-corrected chi connectivity index (χ2v) is 1.60. The summed E-state index contributed by atoms with van der Waals surface area (Å²) in [4.78, 5) is 10.6. The van der Waals surface area contributed by atoms with Crippen LogP contribution in [0.3, 0.4) is 0 Å². The van der Waals surface area contributed by atoms with E-state index in [4.69, 9.17) is 0 Å². The molecule has 0 aromatic carbocycles. The summed E-state index contributed by atoms with van der Waals surface area (Å²) in [5.41, 5.74) is 0.553. The van der Waals surface area contributed by atoms with Crippen molar-refractivity contribution in [2.24, 2.45) is 0 Å². The van der Waals surface area contributed by atoms with Gasteiger partial charge in [-0.25, -0.2) is 4.79 Å². The van der Waals surface area contributed by atoms with Gasteiger partial charge in [-0.1, -0.05) is 0 Å². The molecule has 9 heavy (non-hydrogen) atoms. The molecule has 1 aliphatic rings. The van der Waals surface area contributed by atoms with Crippen molar-refractivity contribution in [3.63, 3.8) is 0 Å². The van der Waals surface area contributed by atoms with E-state index in [-0.39, 0.29) is 5.97 Å². The molecule has 0 bridgehead atoms. The number of rotatable bonds is 1. The fourth-order valence-corrected chi connectivity index (χ4v) is 0.568. The van der Waals surface area contributed by atoms with E-state index in [2.05, 4.69) is 10.1 Å². The molecule has 3 nitrogen and oxygen atoms in total. The quantitative estimate of drug-likeness (QED) is 0.400. The molecule has 0 unspecified atom stereocenters. The van der Waals surface area contributed by atoms with Gasteiger partial charge in [0, 0.05) is 13.2 Å². The first-order valence-corrected chi connectivity index (χ1v) is 2.59. The highest BCUT2D eigenvalue weighted by molar-refractivity contribution is 5.93. The Bertz CT molecular complexity index is 181. The van der Waals surface area contributed by atoms with Crippen LogP contribution in [0, 0.1) is 0 Å². The summed E-state index contributed by atoms with van der Waals surface area (Å²) in [5.74, 6) is -0.302. The predicted molar refractivity (Wildman–Crippen MR) is 32.4 cm³/mol. The molecule has 1 heterocycles. The molecule has 0 aliphatic carbocycles. The van der Waals surface area contributed by atoms with Crippen LogP contribution < -0.4 is 5.32 Å². The van der Waals surface area contributed by atoms with Crippen molar-refractivity contribution in [1.29, 1.82) is 0 Å². The van der Waals surface area contributed by atoms with Gasteiger partial charge in [-0.2, -0.15) is 0 Å². The third kappa shape index (κ3) is 1.10. The van der Waals surface area contributed by atoms with Crippen LogP contribution in [-0.4, -0.2) is 13.0 Å². The van der Waals surface area contributed by atoms with Crippen LogP contribution in [0.5, 0.6) is 0 Å². The van der Waals surface area contributed by atoms with Crippen LogP contribution in [0.2, 0.25) is 0 Å². The Labute approximate surface area is 53.0 Å². The maximum atomic E-state index is 10.6. The number of hydrogen-bond acceptors (Lipinski definition) is 3. The van der Waals surface area contributed by atoms with Crippen molar-refractivity contribution in [2.75, 3.05) is 7.05 Å². The Hall–Kier alpha value is -1.25. The zero-order valence-corrected chi connectivity index (χ0v) is 5.05. The van der Waals surface area contributed by atoms with E-state index in [1.807, 2.05) is 0 Å². The van der Waals surface area contributed by atoms with Crippen LogP contribution in [0.25, 0.3) is 0 Å². The number of ether oxygens (including phenoxy) is 1. The maximum Gasteiger partial charge on any atom is 0.344 e. The molecule has 0 saturated carbocycles. The minimum atomic E-state index is -0.302. The highest BCUT2D eigenvalue weighted by Gasteiger charge is 2.11. The second-order valence-electron chi connectivity index (χ2n) is 1.60. The molecule has 0 fully saturated rings. The molecule has 0 aromatic rings. The highest BCUT2D eigenvalue weighted by Crippen LogP contribution is 2.06. The summed E-state index contributed by atoms with van der Waals surface area (Å²) in [7, 11) is 1.73. The van der Waals surface area contributed by atoms with Crippen LogP contribution in [0.15, 0.2) is 24.1 Å². The maximum absolute atomic E-state index is 10.6. The molecule has 0 spiro atoms. The molecule has 48 valence electrons. The van der Waals surface area contributed by atoms with E-state index < -0.39 is 0 Å². The topological polar surface area (TPSA) is 38.3 Å². The SMILES string of the molecule is CNC=C1C=COC1=O. The van der Waals surface area contributed by atoms with Gasteiger partial charge in [-0.15, -0.1) is 0 Å². The van der Waals surface area contributed by atoms with Gasteiger partial charge in [0.05, 0.1) is 11.8 Å². The normalized spacial score (nSPS) is 20.6. The lowest BCUT2D eigenvalue weighted by molar-refractivity contribution is -0.132. The molecule has 0 saturated heterocycles. The molecule has 0 atom stereocenters. The molecule has 0 radical (unpaired) electrons. The molecule has 3 heteroatoms. The smallest absolute Gasteiger partial charge is 0.344 e. The first-order chi connectivity index (χ1) is 4.34. The van der Waals surface area contributed by atoms with E-state index in [0.717, 1.165) is 0 Å². The first-order valence-electron chi connectivity index (χ1n) is 2.59. The van der Waals surface area contributed by atoms with Gasteiger partial charge in [0.1, 0.15) is 0 Å². The lowest BCUT2D eigenvalue weighted by Crippen LogP contribution is -2.01. The molecule has 0 aromatic heterocycles. The monoisotopic (exact) mass is 125 g/mol. The third-order valence-electron chi connectivity index (χ3n) is 0.958. The Morgan fingerprint density at radius 3 is 3.00 bits per heavy atom. The number of nitrogens with one attached hydrogen (secondary N) is 1. The highest BCUT2D eigenvalue weighted by atomic mass is 16.5. The molecule has 1 rings (SSSR count). The van der Waals surface area contributed by atoms with Crippen molar-refractivity contribution in [1.82, 2.24) is 5.32 Å². The number of cyclic esters (lactones) is 1. The predicted octanol–water partition coefficient (Wildman–Crippen LogP) is 0.160. The van der Waals surface area contributed by atoms with Crippen LogP contribution in [-0.2, 0) is 9.53 Å². The third-order valence-corrected chi connectivity index (χ3v) is 0.958. The Morgan fingerprint density at radius 2 is 2.56 bits per heavy atom. The van der Waals surface area contributed by atoms with E-state index in [1.54, 1.807) is 19.3 Å². The van der Waals surface area contributed by atoms with Crippen LogP contribution in [0.1, 0.15) is 0 Å². The van der Waals surface area contributed by atoms with E-state index in [1.165, 1.54) is 6.26 Å². The van der Waals surface area contributed by atoms with Gasteiger partial charge in [-0.3, -0.25) is 0 Å². The molecular weight excluding hydrogens is 118 g/mol. The van der Waals surface area contributed by atoms with Crippen molar-refractivity contribution >= 4 is 5.97 Å². The number of carbonyl (C=O) groups is 1. The van der Waals surface area contributed by atoms with Gasteiger partial charge in [0.2, 0.25) is 0 Å². The van der Waals surface area contributed by atoms with Gasteiger partial charge in [0.25, 0.3) is 0 Å². The number of hydrogen-bond donors (Lipinski definition) is 1. The summed E-state index contributed by atoms with van der Waals surface area (Å²) in [5, 5.41) is 2.73. The lowest BCUT2D eigenvalue weighted by atomic mass is 10.3. The van der Waals surface area contributed by atoms with E-state index in [9.17, 15) is 4.79 Å². The molecule has 1 aliphatic heterocycles. The molecule has 0 amide bonds. The fraction of sp³-hybridized carbons (Fsp3) is 0.167. The standard InChI is InChI=1S/C6H7NO2/c1-7-4-5-2-3-9-6(5)8/h2-4,7H,1H3. The molecule has 1 N–H and O–H groups in total. The summed E-state index contributed by atoms with van der Waals surface area (Å²) >= 11 is 0. The van der Waals surface area contributed by atoms with Crippen LogP contribution in [0.4, 0.5) is 0 Å².